The summed E-state index contributed by atoms with van der Waals surface area (Å²) in [5.41, 5.74) is 0.392. The quantitative estimate of drug-likeness (QED) is 0.780. The summed E-state index contributed by atoms with van der Waals surface area (Å²) in [5.74, 6) is -2.17. The van der Waals surface area contributed by atoms with Crippen LogP contribution in [0.4, 0.5) is 4.39 Å². The molecule has 0 atom stereocenters. The first-order valence-corrected chi connectivity index (χ1v) is 6.01. The summed E-state index contributed by atoms with van der Waals surface area (Å²) in [6, 6.07) is 3.96. The van der Waals surface area contributed by atoms with Gasteiger partial charge in [-0.15, -0.1) is 0 Å². The van der Waals surface area contributed by atoms with Crippen molar-refractivity contribution in [3.05, 3.63) is 35.7 Å². The summed E-state index contributed by atoms with van der Waals surface area (Å²) in [5, 5.41) is 11.1. The van der Waals surface area contributed by atoms with Gasteiger partial charge in [0.25, 0.3) is 5.91 Å². The lowest BCUT2D eigenvalue weighted by Gasteiger charge is -2.10. The third kappa shape index (κ3) is 5.51. The molecule has 1 rings (SSSR count). The summed E-state index contributed by atoms with van der Waals surface area (Å²) in [4.78, 5) is 21.7. The first kappa shape index (κ1) is 15.7. The zero-order chi connectivity index (χ0) is 15.1. The number of nitrogens with one attached hydrogen (secondary N) is 1. The molecule has 5 nitrogen and oxygen atoms in total. The molecule has 6 heteroatoms. The Morgan fingerprint density at radius 1 is 1.45 bits per heavy atom. The number of ether oxygens (including phenoxy) is 1. The molecule has 1 aromatic carbocycles. The minimum atomic E-state index is -1.11. The van der Waals surface area contributed by atoms with E-state index in [0.29, 0.717) is 5.56 Å². The molecule has 0 fully saturated rings. The predicted octanol–water partition coefficient (Wildman–Crippen LogP) is 1.83. The summed E-state index contributed by atoms with van der Waals surface area (Å²) >= 11 is 0. The molecule has 0 heterocycles. The van der Waals surface area contributed by atoms with Crippen molar-refractivity contribution in [3.8, 4) is 5.75 Å². The van der Waals surface area contributed by atoms with Gasteiger partial charge in [0.15, 0.2) is 18.2 Å². The maximum atomic E-state index is 13.6. The second kappa shape index (κ2) is 7.28. The Morgan fingerprint density at radius 2 is 2.15 bits per heavy atom. The van der Waals surface area contributed by atoms with Crippen LogP contribution in [0.3, 0.4) is 0 Å². The number of carboxylic acids is 1. The number of aliphatic carboxylic acids is 1. The number of amides is 1. The van der Waals surface area contributed by atoms with E-state index in [1.165, 1.54) is 18.2 Å². The predicted molar refractivity (Wildman–Crippen MR) is 71.8 cm³/mol. The number of benzene rings is 1. The third-order valence-corrected chi connectivity index (χ3v) is 2.18. The second-order valence-electron chi connectivity index (χ2n) is 4.37. The molecule has 0 spiro atoms. The van der Waals surface area contributed by atoms with Crippen molar-refractivity contribution in [1.29, 1.82) is 0 Å². The van der Waals surface area contributed by atoms with Crippen molar-refractivity contribution in [2.45, 2.75) is 19.9 Å². The SMILES string of the molecule is CC(C)NC(=O)COc1ccc(/C=C/C(=O)O)cc1F. The molecular weight excluding hydrogens is 265 g/mol. The summed E-state index contributed by atoms with van der Waals surface area (Å²) in [6.07, 6.45) is 2.17. The van der Waals surface area contributed by atoms with E-state index in [1.807, 2.05) is 13.8 Å². The van der Waals surface area contributed by atoms with Crippen LogP contribution in [0, 0.1) is 5.82 Å². The smallest absolute Gasteiger partial charge is 0.328 e. The Bertz CT molecular complexity index is 526. The second-order valence-corrected chi connectivity index (χ2v) is 4.37. The molecule has 108 valence electrons. The minimum absolute atomic E-state index is 0.0144. The average molecular weight is 281 g/mol. The molecule has 0 aromatic heterocycles. The van der Waals surface area contributed by atoms with Gasteiger partial charge in [-0.05, 0) is 37.6 Å². The molecule has 20 heavy (non-hydrogen) atoms. The van der Waals surface area contributed by atoms with E-state index in [1.54, 1.807) is 0 Å². The molecule has 0 radical (unpaired) electrons. The highest BCUT2D eigenvalue weighted by atomic mass is 19.1. The van der Waals surface area contributed by atoms with E-state index >= 15 is 0 Å². The van der Waals surface area contributed by atoms with E-state index in [9.17, 15) is 14.0 Å². The normalized spacial score (nSPS) is 10.8. The number of carbonyl (C=O) groups excluding carboxylic acids is 1. The lowest BCUT2D eigenvalue weighted by atomic mass is 10.2. The number of hydrogen-bond acceptors (Lipinski definition) is 3. The molecule has 0 bridgehead atoms. The fourth-order valence-electron chi connectivity index (χ4n) is 1.41. The van der Waals surface area contributed by atoms with Crippen LogP contribution in [0.15, 0.2) is 24.3 Å². The van der Waals surface area contributed by atoms with Crippen LogP contribution in [-0.2, 0) is 9.59 Å². The first-order valence-electron chi connectivity index (χ1n) is 6.01. The summed E-state index contributed by atoms with van der Waals surface area (Å²) in [7, 11) is 0. The highest BCUT2D eigenvalue weighted by molar-refractivity contribution is 5.85. The molecule has 1 aromatic rings. The van der Waals surface area contributed by atoms with Crippen LogP contribution in [0.2, 0.25) is 0 Å². The van der Waals surface area contributed by atoms with Gasteiger partial charge >= 0.3 is 5.97 Å². The van der Waals surface area contributed by atoms with Crippen molar-refractivity contribution in [3.63, 3.8) is 0 Å². The summed E-state index contributed by atoms with van der Waals surface area (Å²) < 4.78 is 18.7. The highest BCUT2D eigenvalue weighted by Gasteiger charge is 2.08. The molecular formula is C14H16FNO4. The van der Waals surface area contributed by atoms with E-state index < -0.39 is 11.8 Å². The Labute approximate surface area is 116 Å². The van der Waals surface area contributed by atoms with Gasteiger partial charge in [0.2, 0.25) is 0 Å². The molecule has 2 N–H and O–H groups in total. The topological polar surface area (TPSA) is 75.6 Å². The van der Waals surface area contributed by atoms with Crippen LogP contribution >= 0.6 is 0 Å². The molecule has 0 saturated carbocycles. The fraction of sp³-hybridized carbons (Fsp3) is 0.286. The van der Waals surface area contributed by atoms with E-state index in [0.717, 1.165) is 12.1 Å². The molecule has 0 unspecified atom stereocenters. The zero-order valence-electron chi connectivity index (χ0n) is 11.2. The van der Waals surface area contributed by atoms with E-state index in [-0.39, 0.29) is 24.3 Å². The lowest BCUT2D eigenvalue weighted by molar-refractivity contribution is -0.131. The van der Waals surface area contributed by atoms with Crippen LogP contribution < -0.4 is 10.1 Å². The number of rotatable bonds is 6. The Balaban J connectivity index is 2.64. The van der Waals surface area contributed by atoms with Crippen LogP contribution in [0.5, 0.6) is 5.75 Å². The standard InChI is InChI=1S/C14H16FNO4/c1-9(2)16-13(17)8-20-12-5-3-10(7-11(12)15)4-6-14(18)19/h3-7,9H,8H2,1-2H3,(H,16,17)(H,18,19)/b6-4+. The van der Waals surface area contributed by atoms with Crippen molar-refractivity contribution in [2.24, 2.45) is 0 Å². The molecule has 0 aliphatic rings. The largest absolute Gasteiger partial charge is 0.481 e. The monoisotopic (exact) mass is 281 g/mol. The Morgan fingerprint density at radius 3 is 2.70 bits per heavy atom. The van der Waals surface area contributed by atoms with Gasteiger partial charge in [-0.3, -0.25) is 4.79 Å². The van der Waals surface area contributed by atoms with Gasteiger partial charge in [-0.2, -0.15) is 0 Å². The van der Waals surface area contributed by atoms with Crippen LogP contribution in [-0.4, -0.2) is 29.6 Å². The first-order chi connectivity index (χ1) is 9.38. The van der Waals surface area contributed by atoms with Crippen molar-refractivity contribution in [1.82, 2.24) is 5.32 Å². The molecule has 0 aliphatic heterocycles. The van der Waals surface area contributed by atoms with E-state index in [4.69, 9.17) is 9.84 Å². The van der Waals surface area contributed by atoms with Crippen molar-refractivity contribution >= 4 is 18.0 Å². The van der Waals surface area contributed by atoms with Crippen LogP contribution in [0.1, 0.15) is 19.4 Å². The number of carboxylic acid groups (broad SMARTS) is 1. The van der Waals surface area contributed by atoms with E-state index in [2.05, 4.69) is 5.32 Å². The molecule has 1 amide bonds. The lowest BCUT2D eigenvalue weighted by Crippen LogP contribution is -2.34. The van der Waals surface area contributed by atoms with Crippen LogP contribution in [0.25, 0.3) is 6.08 Å². The molecule has 0 aliphatic carbocycles. The maximum absolute atomic E-state index is 13.6. The zero-order valence-corrected chi connectivity index (χ0v) is 11.2. The minimum Gasteiger partial charge on any atom is -0.481 e. The highest BCUT2D eigenvalue weighted by Crippen LogP contribution is 2.19. The van der Waals surface area contributed by atoms with Crippen molar-refractivity contribution in [2.75, 3.05) is 6.61 Å². The van der Waals surface area contributed by atoms with Gasteiger partial charge in [0.05, 0.1) is 0 Å². The average Bonchev–Trinajstić information content (AvgIpc) is 2.34. The van der Waals surface area contributed by atoms with Gasteiger partial charge in [0.1, 0.15) is 0 Å². The summed E-state index contributed by atoms with van der Waals surface area (Å²) in [6.45, 7) is 3.34. The molecule has 0 saturated heterocycles. The number of hydrogen-bond donors (Lipinski definition) is 2. The van der Waals surface area contributed by atoms with Gasteiger partial charge in [-0.1, -0.05) is 6.07 Å². The Kier molecular flexibility index (Phi) is 5.71. The third-order valence-electron chi connectivity index (χ3n) is 2.18. The fourth-order valence-corrected chi connectivity index (χ4v) is 1.41. The van der Waals surface area contributed by atoms with Crippen molar-refractivity contribution < 1.29 is 23.8 Å². The Hall–Kier alpha value is -2.37. The maximum Gasteiger partial charge on any atom is 0.328 e. The number of halogens is 1. The van der Waals surface area contributed by atoms with Gasteiger partial charge in [-0.25, -0.2) is 9.18 Å². The van der Waals surface area contributed by atoms with Gasteiger partial charge in [0, 0.05) is 12.1 Å². The number of carbonyl (C=O) groups is 2. The van der Waals surface area contributed by atoms with Gasteiger partial charge < -0.3 is 15.2 Å².